The van der Waals surface area contributed by atoms with Crippen LogP contribution in [0.2, 0.25) is 10.0 Å². The molecule has 1 aromatic carbocycles. The highest BCUT2D eigenvalue weighted by atomic mass is 35.5. The highest BCUT2D eigenvalue weighted by molar-refractivity contribution is 7.80. The van der Waals surface area contributed by atoms with Gasteiger partial charge in [-0.1, -0.05) is 30.1 Å². The third-order valence-electron chi connectivity index (χ3n) is 1.94. The number of hydrogen-bond acceptors (Lipinski definition) is 2. The van der Waals surface area contributed by atoms with Gasteiger partial charge in [0.05, 0.1) is 10.6 Å². The first-order valence-electron chi connectivity index (χ1n) is 5.08. The van der Waals surface area contributed by atoms with E-state index >= 15 is 0 Å². The van der Waals surface area contributed by atoms with Gasteiger partial charge in [-0.15, -0.1) is 0 Å². The fourth-order valence-corrected chi connectivity index (χ4v) is 1.82. The summed E-state index contributed by atoms with van der Waals surface area (Å²) in [5.74, 6) is -0.347. The minimum absolute atomic E-state index is 0.294. The molecule has 0 saturated heterocycles. The molecular weight excluding hydrogens is 279 g/mol. The van der Waals surface area contributed by atoms with Crippen molar-refractivity contribution in [1.29, 1.82) is 0 Å². The lowest BCUT2D eigenvalue weighted by Gasteiger charge is -2.09. The lowest BCUT2D eigenvalue weighted by Crippen LogP contribution is -2.39. The van der Waals surface area contributed by atoms with Gasteiger partial charge >= 0.3 is 0 Å². The van der Waals surface area contributed by atoms with Crippen molar-refractivity contribution in [1.82, 2.24) is 10.6 Å². The highest BCUT2D eigenvalue weighted by Crippen LogP contribution is 2.20. The summed E-state index contributed by atoms with van der Waals surface area (Å²) in [7, 11) is 0. The van der Waals surface area contributed by atoms with E-state index in [0.29, 0.717) is 27.3 Å². The zero-order valence-corrected chi connectivity index (χ0v) is 11.5. The lowest BCUT2D eigenvalue weighted by molar-refractivity contribution is 0.0977. The average molecular weight is 291 g/mol. The molecular formula is C11H12Cl2N2OS. The van der Waals surface area contributed by atoms with E-state index in [1.807, 2.05) is 6.92 Å². The van der Waals surface area contributed by atoms with Gasteiger partial charge in [0.25, 0.3) is 5.91 Å². The zero-order chi connectivity index (χ0) is 12.8. The van der Waals surface area contributed by atoms with Gasteiger partial charge in [-0.05, 0) is 36.8 Å². The van der Waals surface area contributed by atoms with Crippen LogP contribution in [0.25, 0.3) is 0 Å². The summed E-state index contributed by atoms with van der Waals surface area (Å²) < 4.78 is 0. The molecule has 92 valence electrons. The van der Waals surface area contributed by atoms with Crippen molar-refractivity contribution in [2.75, 3.05) is 6.54 Å². The normalized spacial score (nSPS) is 9.82. The van der Waals surface area contributed by atoms with Crippen LogP contribution in [0.5, 0.6) is 0 Å². The van der Waals surface area contributed by atoms with Gasteiger partial charge in [0.1, 0.15) is 0 Å². The van der Waals surface area contributed by atoms with Gasteiger partial charge in [0.15, 0.2) is 5.11 Å². The molecule has 0 atom stereocenters. The maximum Gasteiger partial charge on any atom is 0.258 e. The lowest BCUT2D eigenvalue weighted by atomic mass is 10.2. The van der Waals surface area contributed by atoms with Gasteiger partial charge in [-0.25, -0.2) is 0 Å². The second-order valence-electron chi connectivity index (χ2n) is 3.33. The van der Waals surface area contributed by atoms with Gasteiger partial charge < -0.3 is 5.32 Å². The van der Waals surface area contributed by atoms with Crippen molar-refractivity contribution in [3.8, 4) is 0 Å². The summed E-state index contributed by atoms with van der Waals surface area (Å²) in [6.07, 6.45) is 0.928. The number of rotatable bonds is 3. The number of carbonyl (C=O) groups excluding carboxylic acids is 1. The van der Waals surface area contributed by atoms with E-state index in [0.717, 1.165) is 6.42 Å². The van der Waals surface area contributed by atoms with Crippen LogP contribution >= 0.6 is 35.4 Å². The van der Waals surface area contributed by atoms with Gasteiger partial charge in [-0.2, -0.15) is 0 Å². The SMILES string of the molecule is CCCNC(=S)NC(=O)c1ccc(Cl)cc1Cl. The van der Waals surface area contributed by atoms with Crippen LogP contribution < -0.4 is 10.6 Å². The number of halogens is 2. The minimum atomic E-state index is -0.347. The average Bonchev–Trinajstić information content (AvgIpc) is 2.26. The smallest absolute Gasteiger partial charge is 0.258 e. The molecule has 6 heteroatoms. The predicted molar refractivity (Wildman–Crippen MR) is 74.8 cm³/mol. The fraction of sp³-hybridized carbons (Fsp3) is 0.273. The molecule has 17 heavy (non-hydrogen) atoms. The third kappa shape index (κ3) is 4.50. The second kappa shape index (κ2) is 6.79. The maximum absolute atomic E-state index is 11.8. The van der Waals surface area contributed by atoms with Crippen molar-refractivity contribution < 1.29 is 4.79 Å². The van der Waals surface area contributed by atoms with Crippen molar-refractivity contribution >= 4 is 46.4 Å². The number of nitrogens with one attached hydrogen (secondary N) is 2. The monoisotopic (exact) mass is 290 g/mol. The summed E-state index contributed by atoms with van der Waals surface area (Å²) >= 11 is 16.6. The van der Waals surface area contributed by atoms with Crippen LogP contribution in [-0.2, 0) is 0 Å². The summed E-state index contributed by atoms with van der Waals surface area (Å²) in [5, 5.41) is 6.52. The topological polar surface area (TPSA) is 41.1 Å². The minimum Gasteiger partial charge on any atom is -0.362 e. The Hall–Kier alpha value is -0.840. The summed E-state index contributed by atoms with van der Waals surface area (Å²) in [4.78, 5) is 11.8. The van der Waals surface area contributed by atoms with Crippen molar-refractivity contribution in [3.05, 3.63) is 33.8 Å². The zero-order valence-electron chi connectivity index (χ0n) is 9.22. The molecule has 0 saturated carbocycles. The molecule has 0 unspecified atom stereocenters. The fourth-order valence-electron chi connectivity index (χ4n) is 1.13. The molecule has 1 rings (SSSR count). The number of hydrogen-bond donors (Lipinski definition) is 2. The predicted octanol–water partition coefficient (Wildman–Crippen LogP) is 3.01. The van der Waals surface area contributed by atoms with E-state index in [2.05, 4.69) is 10.6 Å². The summed E-state index contributed by atoms with van der Waals surface area (Å²) in [6, 6.07) is 4.67. The molecule has 0 radical (unpaired) electrons. The Balaban J connectivity index is 2.67. The van der Waals surface area contributed by atoms with Gasteiger partial charge in [0.2, 0.25) is 0 Å². The Morgan fingerprint density at radius 1 is 1.41 bits per heavy atom. The van der Waals surface area contributed by atoms with Gasteiger partial charge in [-0.3, -0.25) is 10.1 Å². The largest absolute Gasteiger partial charge is 0.362 e. The molecule has 0 bridgehead atoms. The third-order valence-corrected chi connectivity index (χ3v) is 2.73. The molecule has 2 N–H and O–H groups in total. The molecule has 0 aromatic heterocycles. The number of carbonyl (C=O) groups is 1. The molecule has 0 aliphatic rings. The number of amides is 1. The van der Waals surface area contributed by atoms with Crippen LogP contribution in [0.4, 0.5) is 0 Å². The van der Waals surface area contributed by atoms with E-state index < -0.39 is 0 Å². The molecule has 0 fully saturated rings. The van der Waals surface area contributed by atoms with Crippen molar-refractivity contribution in [2.24, 2.45) is 0 Å². The Labute approximate surface area is 115 Å². The van der Waals surface area contributed by atoms with E-state index in [1.54, 1.807) is 12.1 Å². The first kappa shape index (κ1) is 14.2. The van der Waals surface area contributed by atoms with Gasteiger partial charge in [0, 0.05) is 11.6 Å². The van der Waals surface area contributed by atoms with E-state index in [1.165, 1.54) is 6.07 Å². The van der Waals surface area contributed by atoms with E-state index in [9.17, 15) is 4.79 Å². The molecule has 0 aliphatic carbocycles. The van der Waals surface area contributed by atoms with Crippen molar-refractivity contribution in [2.45, 2.75) is 13.3 Å². The molecule has 0 aliphatic heterocycles. The number of benzene rings is 1. The van der Waals surface area contributed by atoms with Crippen LogP contribution in [0, 0.1) is 0 Å². The van der Waals surface area contributed by atoms with E-state index in [4.69, 9.17) is 35.4 Å². The Kier molecular flexibility index (Phi) is 5.68. The van der Waals surface area contributed by atoms with Crippen LogP contribution in [0.3, 0.4) is 0 Å². The molecule has 0 spiro atoms. The molecule has 0 heterocycles. The quantitative estimate of drug-likeness (QED) is 0.841. The molecule has 1 aromatic rings. The summed E-state index contributed by atoms with van der Waals surface area (Å²) in [6.45, 7) is 2.72. The molecule has 1 amide bonds. The first-order chi connectivity index (χ1) is 8.04. The van der Waals surface area contributed by atoms with Crippen LogP contribution in [0.1, 0.15) is 23.7 Å². The summed E-state index contributed by atoms with van der Waals surface area (Å²) in [5.41, 5.74) is 0.344. The standard InChI is InChI=1S/C11H12Cl2N2OS/c1-2-5-14-11(17)15-10(16)8-4-3-7(12)6-9(8)13/h3-4,6H,2,5H2,1H3,(H2,14,15,16,17). The van der Waals surface area contributed by atoms with Crippen molar-refractivity contribution in [3.63, 3.8) is 0 Å². The molecule has 3 nitrogen and oxygen atoms in total. The number of thiocarbonyl (C=S) groups is 1. The van der Waals surface area contributed by atoms with Crippen LogP contribution in [0.15, 0.2) is 18.2 Å². The Morgan fingerprint density at radius 3 is 2.71 bits per heavy atom. The maximum atomic E-state index is 11.8. The highest BCUT2D eigenvalue weighted by Gasteiger charge is 2.11. The second-order valence-corrected chi connectivity index (χ2v) is 4.59. The van der Waals surface area contributed by atoms with E-state index in [-0.39, 0.29) is 5.91 Å². The Bertz CT molecular complexity index is 437. The first-order valence-corrected chi connectivity index (χ1v) is 6.25. The Morgan fingerprint density at radius 2 is 2.12 bits per heavy atom. The van der Waals surface area contributed by atoms with Crippen LogP contribution in [-0.4, -0.2) is 17.6 Å².